The fraction of sp³-hybridized carbons (Fsp3) is 0.412. The van der Waals surface area contributed by atoms with E-state index in [1.165, 1.54) is 0 Å². The number of nitrogens with zero attached hydrogens (tertiary/aromatic N) is 5. The van der Waals surface area contributed by atoms with Crippen molar-refractivity contribution in [3.8, 4) is 0 Å². The van der Waals surface area contributed by atoms with Crippen molar-refractivity contribution in [3.05, 3.63) is 42.0 Å². The van der Waals surface area contributed by atoms with E-state index in [9.17, 15) is 4.79 Å². The summed E-state index contributed by atoms with van der Waals surface area (Å²) >= 11 is 0. The topological polar surface area (TPSA) is 77.6 Å². The predicted molar refractivity (Wildman–Crippen MR) is 89.6 cm³/mol. The number of fused-ring (bicyclic) bond motifs is 1. The molecule has 1 saturated carbocycles. The first-order valence-corrected chi connectivity index (χ1v) is 8.23. The molecule has 4 rings (SSSR count). The molecule has 0 unspecified atom stereocenters. The van der Waals surface area contributed by atoms with E-state index in [1.54, 1.807) is 17.1 Å². The molecule has 1 aliphatic rings. The van der Waals surface area contributed by atoms with Gasteiger partial charge in [-0.15, -0.1) is 0 Å². The van der Waals surface area contributed by atoms with Crippen molar-refractivity contribution in [2.45, 2.75) is 38.3 Å². The first-order valence-electron chi connectivity index (χ1n) is 8.23. The summed E-state index contributed by atoms with van der Waals surface area (Å²) in [6, 6.07) is 3.78. The van der Waals surface area contributed by atoms with Gasteiger partial charge in [0.05, 0.1) is 23.7 Å². The lowest BCUT2D eigenvalue weighted by atomic mass is 10.1. The molecule has 0 saturated heterocycles. The smallest absolute Gasteiger partial charge is 0.252 e. The van der Waals surface area contributed by atoms with Gasteiger partial charge in [0.2, 0.25) is 0 Å². The molecular formula is C17H20N6O. The van der Waals surface area contributed by atoms with E-state index in [1.807, 2.05) is 37.0 Å². The molecule has 7 nitrogen and oxygen atoms in total. The third-order valence-electron chi connectivity index (χ3n) is 4.36. The number of aromatic nitrogens is 5. The van der Waals surface area contributed by atoms with Gasteiger partial charge < -0.3 is 5.32 Å². The predicted octanol–water partition coefficient (Wildman–Crippen LogP) is 1.86. The maximum Gasteiger partial charge on any atom is 0.252 e. The number of rotatable bonds is 5. The summed E-state index contributed by atoms with van der Waals surface area (Å²) in [5.74, 6) is 0.398. The molecule has 3 aromatic heterocycles. The standard InChI is InChI=1S/C17H20N6O/c1-11(10-23-7-3-6-18-23)20-17(24)13-8-15(12-4-5-12)21-16-14(13)9-19-22(16)2/h3,6-9,11-12H,4-5,10H2,1-2H3,(H,20,24)/t11-/m0/s1. The lowest BCUT2D eigenvalue weighted by Gasteiger charge is -2.15. The number of hydrogen-bond acceptors (Lipinski definition) is 4. The highest BCUT2D eigenvalue weighted by Gasteiger charge is 2.28. The Hall–Kier alpha value is -2.70. The van der Waals surface area contributed by atoms with Gasteiger partial charge in [-0.2, -0.15) is 10.2 Å². The van der Waals surface area contributed by atoms with Crippen LogP contribution in [0.25, 0.3) is 11.0 Å². The molecule has 3 heterocycles. The Kier molecular flexibility index (Phi) is 3.55. The number of hydrogen-bond donors (Lipinski definition) is 1. The largest absolute Gasteiger partial charge is 0.348 e. The summed E-state index contributed by atoms with van der Waals surface area (Å²) in [5.41, 5.74) is 2.42. The maximum absolute atomic E-state index is 12.8. The molecule has 0 bridgehead atoms. The second kappa shape index (κ2) is 5.74. The Morgan fingerprint density at radius 1 is 1.42 bits per heavy atom. The van der Waals surface area contributed by atoms with E-state index in [2.05, 4.69) is 20.5 Å². The van der Waals surface area contributed by atoms with Crippen LogP contribution < -0.4 is 5.32 Å². The van der Waals surface area contributed by atoms with Gasteiger partial charge in [-0.05, 0) is 31.9 Å². The van der Waals surface area contributed by atoms with Crippen LogP contribution in [0, 0.1) is 0 Å². The molecule has 0 spiro atoms. The highest BCUT2D eigenvalue weighted by atomic mass is 16.1. The van der Waals surface area contributed by atoms with Gasteiger partial charge in [0, 0.05) is 37.1 Å². The van der Waals surface area contributed by atoms with Gasteiger partial charge in [-0.1, -0.05) is 0 Å². The Labute approximate surface area is 139 Å². The monoisotopic (exact) mass is 324 g/mol. The van der Waals surface area contributed by atoms with Crippen LogP contribution in [0.4, 0.5) is 0 Å². The van der Waals surface area contributed by atoms with Crippen LogP contribution in [-0.2, 0) is 13.6 Å². The van der Waals surface area contributed by atoms with Crippen molar-refractivity contribution in [2.24, 2.45) is 7.05 Å². The zero-order valence-corrected chi connectivity index (χ0v) is 13.8. The molecule has 1 amide bonds. The molecule has 124 valence electrons. The number of carbonyl (C=O) groups is 1. The SMILES string of the molecule is C[C@@H](Cn1cccn1)NC(=O)c1cc(C2CC2)nc2c1cnn2C. The van der Waals surface area contributed by atoms with E-state index < -0.39 is 0 Å². The highest BCUT2D eigenvalue weighted by molar-refractivity contribution is 6.05. The van der Waals surface area contributed by atoms with Crippen molar-refractivity contribution < 1.29 is 4.79 Å². The summed E-state index contributed by atoms with van der Waals surface area (Å²) in [6.07, 6.45) is 7.63. The molecule has 1 aliphatic carbocycles. The van der Waals surface area contributed by atoms with Gasteiger partial charge in [0.25, 0.3) is 5.91 Å². The third kappa shape index (κ3) is 2.77. The van der Waals surface area contributed by atoms with Crippen LogP contribution in [0.5, 0.6) is 0 Å². The molecule has 1 fully saturated rings. The molecule has 24 heavy (non-hydrogen) atoms. The summed E-state index contributed by atoms with van der Waals surface area (Å²) in [6.45, 7) is 2.61. The highest BCUT2D eigenvalue weighted by Crippen LogP contribution is 2.40. The number of amides is 1. The Bertz CT molecular complexity index is 878. The molecule has 3 aromatic rings. The van der Waals surface area contributed by atoms with Crippen LogP contribution in [0.15, 0.2) is 30.7 Å². The molecular weight excluding hydrogens is 304 g/mol. The molecule has 0 aromatic carbocycles. The van der Waals surface area contributed by atoms with Gasteiger partial charge in [0.1, 0.15) is 0 Å². The maximum atomic E-state index is 12.8. The van der Waals surface area contributed by atoms with Gasteiger partial charge >= 0.3 is 0 Å². The first kappa shape index (κ1) is 14.9. The number of aryl methyl sites for hydroxylation is 1. The molecule has 7 heteroatoms. The zero-order chi connectivity index (χ0) is 16.7. The van der Waals surface area contributed by atoms with Gasteiger partial charge in [-0.3, -0.25) is 14.2 Å². The minimum atomic E-state index is -0.0862. The van der Waals surface area contributed by atoms with Crippen LogP contribution in [0.3, 0.4) is 0 Å². The second-order valence-electron chi connectivity index (χ2n) is 6.48. The first-order chi connectivity index (χ1) is 11.6. The van der Waals surface area contributed by atoms with E-state index >= 15 is 0 Å². The fourth-order valence-electron chi connectivity index (χ4n) is 2.95. The molecule has 1 N–H and O–H groups in total. The van der Waals surface area contributed by atoms with Crippen molar-refractivity contribution in [1.82, 2.24) is 29.9 Å². The van der Waals surface area contributed by atoms with E-state index in [0.29, 0.717) is 18.0 Å². The van der Waals surface area contributed by atoms with Crippen molar-refractivity contribution in [2.75, 3.05) is 0 Å². The average Bonchev–Trinajstić information content (AvgIpc) is 3.17. The Balaban J connectivity index is 1.61. The third-order valence-corrected chi connectivity index (χ3v) is 4.36. The number of nitrogens with one attached hydrogen (secondary N) is 1. The minimum Gasteiger partial charge on any atom is -0.348 e. The molecule has 0 radical (unpaired) electrons. The van der Waals surface area contributed by atoms with Crippen molar-refractivity contribution in [3.63, 3.8) is 0 Å². The lowest BCUT2D eigenvalue weighted by Crippen LogP contribution is -2.36. The van der Waals surface area contributed by atoms with Gasteiger partial charge in [-0.25, -0.2) is 4.98 Å². The quantitative estimate of drug-likeness (QED) is 0.777. The average molecular weight is 324 g/mol. The number of pyridine rings is 1. The summed E-state index contributed by atoms with van der Waals surface area (Å²) in [5, 5.41) is 12.3. The number of carbonyl (C=O) groups excluding carboxylic acids is 1. The minimum absolute atomic E-state index is 0.0262. The van der Waals surface area contributed by atoms with Crippen LogP contribution in [0.1, 0.15) is 41.7 Å². The molecule has 1 atom stereocenters. The normalized spacial score (nSPS) is 15.6. The van der Waals surface area contributed by atoms with Crippen LogP contribution in [-0.4, -0.2) is 36.5 Å². The van der Waals surface area contributed by atoms with Crippen LogP contribution in [0.2, 0.25) is 0 Å². The Morgan fingerprint density at radius 2 is 2.25 bits per heavy atom. The second-order valence-corrected chi connectivity index (χ2v) is 6.48. The summed E-state index contributed by atoms with van der Waals surface area (Å²) < 4.78 is 3.54. The van der Waals surface area contributed by atoms with E-state index in [4.69, 9.17) is 0 Å². The van der Waals surface area contributed by atoms with Gasteiger partial charge in [0.15, 0.2) is 5.65 Å². The van der Waals surface area contributed by atoms with Crippen molar-refractivity contribution in [1.29, 1.82) is 0 Å². The summed E-state index contributed by atoms with van der Waals surface area (Å²) in [7, 11) is 1.86. The zero-order valence-electron chi connectivity index (χ0n) is 13.8. The lowest BCUT2D eigenvalue weighted by molar-refractivity contribution is 0.0937. The van der Waals surface area contributed by atoms with E-state index in [-0.39, 0.29) is 11.9 Å². The van der Waals surface area contributed by atoms with Crippen LogP contribution >= 0.6 is 0 Å². The van der Waals surface area contributed by atoms with E-state index in [0.717, 1.165) is 29.6 Å². The summed E-state index contributed by atoms with van der Waals surface area (Å²) in [4.78, 5) is 17.5. The van der Waals surface area contributed by atoms with Crippen molar-refractivity contribution >= 4 is 16.9 Å². The fourth-order valence-corrected chi connectivity index (χ4v) is 2.95. The Morgan fingerprint density at radius 3 is 2.96 bits per heavy atom. The molecule has 0 aliphatic heterocycles.